The third kappa shape index (κ3) is 21.5. The van der Waals surface area contributed by atoms with E-state index in [1.54, 1.807) is 0 Å². The second-order valence-electron chi connectivity index (χ2n) is 14.8. The van der Waals surface area contributed by atoms with Crippen LogP contribution < -0.4 is 0 Å². The van der Waals surface area contributed by atoms with Crippen LogP contribution in [0.4, 0.5) is 0 Å². The van der Waals surface area contributed by atoms with Crippen molar-refractivity contribution in [3.63, 3.8) is 0 Å². The zero-order valence-electron chi connectivity index (χ0n) is 32.0. The first-order chi connectivity index (χ1) is 23.8. The summed E-state index contributed by atoms with van der Waals surface area (Å²) in [4.78, 5) is 35.2. The molecular formula is C43H74O6. The lowest BCUT2D eigenvalue weighted by molar-refractivity contribution is 0.0486. The number of hydrogen-bond acceptors (Lipinski definition) is 4. The second-order valence-corrected chi connectivity index (χ2v) is 14.8. The van der Waals surface area contributed by atoms with E-state index >= 15 is 0 Å². The second kappa shape index (κ2) is 29.4. The van der Waals surface area contributed by atoms with Gasteiger partial charge in [-0.25, -0.2) is 14.4 Å². The maximum Gasteiger partial charge on any atom is 0.339 e. The van der Waals surface area contributed by atoms with Crippen molar-refractivity contribution >= 4 is 17.9 Å². The van der Waals surface area contributed by atoms with E-state index in [1.807, 2.05) is 0 Å². The smallest absolute Gasteiger partial charge is 0.339 e. The van der Waals surface area contributed by atoms with Crippen LogP contribution in [0.5, 0.6) is 0 Å². The van der Waals surface area contributed by atoms with Crippen molar-refractivity contribution in [1.29, 1.82) is 0 Å². The highest BCUT2D eigenvalue weighted by Crippen LogP contribution is 2.42. The van der Waals surface area contributed by atoms with Crippen LogP contribution in [-0.2, 0) is 4.74 Å². The third-order valence-electron chi connectivity index (χ3n) is 10.5. The lowest BCUT2D eigenvalue weighted by Crippen LogP contribution is -2.21. The molecule has 0 amide bonds. The van der Waals surface area contributed by atoms with E-state index in [2.05, 4.69) is 20.8 Å². The molecular weight excluding hydrogens is 612 g/mol. The van der Waals surface area contributed by atoms with Gasteiger partial charge in [0.25, 0.3) is 0 Å². The summed E-state index contributed by atoms with van der Waals surface area (Å²) in [6.07, 6.45) is 38.5. The first kappa shape index (κ1) is 44.7. The lowest BCUT2D eigenvalue weighted by Gasteiger charge is -2.35. The summed E-state index contributed by atoms with van der Waals surface area (Å²) in [7, 11) is 0. The Morgan fingerprint density at radius 3 is 1.22 bits per heavy atom. The highest BCUT2D eigenvalue weighted by molar-refractivity contribution is 6.04. The molecule has 6 nitrogen and oxygen atoms in total. The van der Waals surface area contributed by atoms with Crippen molar-refractivity contribution < 1.29 is 29.3 Å². The van der Waals surface area contributed by atoms with Gasteiger partial charge in [0.1, 0.15) is 0 Å². The molecule has 0 bridgehead atoms. The van der Waals surface area contributed by atoms with Crippen LogP contribution in [0.15, 0.2) is 18.2 Å². The van der Waals surface area contributed by atoms with Gasteiger partial charge in [-0.1, -0.05) is 175 Å². The van der Waals surface area contributed by atoms with Gasteiger partial charge >= 0.3 is 17.9 Å². The predicted molar refractivity (Wildman–Crippen MR) is 204 cm³/mol. The number of ether oxygens (including phenoxy) is 1. The summed E-state index contributed by atoms with van der Waals surface area (Å²) in [5, 5.41) is 18.5. The number of esters is 1. The number of aromatic carboxylic acids is 2. The first-order valence-corrected chi connectivity index (χ1v) is 20.6. The van der Waals surface area contributed by atoms with Crippen LogP contribution >= 0.6 is 0 Å². The number of rotatable bonds is 34. The summed E-state index contributed by atoms with van der Waals surface area (Å²) in [6.45, 7) is 7.14. The van der Waals surface area contributed by atoms with Crippen molar-refractivity contribution in [3.05, 3.63) is 34.9 Å². The number of carbonyl (C=O) groups is 3. The Hall–Kier alpha value is -2.37. The van der Waals surface area contributed by atoms with Gasteiger partial charge in [0.05, 0.1) is 23.3 Å². The van der Waals surface area contributed by atoms with Crippen molar-refractivity contribution in [2.45, 2.75) is 207 Å². The van der Waals surface area contributed by atoms with E-state index < -0.39 is 17.9 Å². The number of carboxylic acid groups (broad SMARTS) is 2. The minimum Gasteiger partial charge on any atom is -0.478 e. The van der Waals surface area contributed by atoms with Gasteiger partial charge < -0.3 is 14.9 Å². The van der Waals surface area contributed by atoms with Gasteiger partial charge in [0.2, 0.25) is 0 Å². The van der Waals surface area contributed by atoms with Gasteiger partial charge in [-0.15, -0.1) is 0 Å². The molecule has 0 aromatic heterocycles. The quantitative estimate of drug-likeness (QED) is 0.0553. The van der Waals surface area contributed by atoms with E-state index in [4.69, 9.17) is 9.84 Å². The molecule has 0 heterocycles. The van der Waals surface area contributed by atoms with Gasteiger partial charge in [-0.2, -0.15) is 0 Å². The molecule has 49 heavy (non-hydrogen) atoms. The fourth-order valence-corrected chi connectivity index (χ4v) is 7.35. The fraction of sp³-hybridized carbons (Fsp3) is 0.791. The molecule has 1 aromatic carbocycles. The van der Waals surface area contributed by atoms with Crippen LogP contribution in [0.25, 0.3) is 0 Å². The third-order valence-corrected chi connectivity index (χ3v) is 10.5. The summed E-state index contributed by atoms with van der Waals surface area (Å²) in [5.74, 6) is -3.31. The number of benzene rings is 1. The molecule has 0 fully saturated rings. The Morgan fingerprint density at radius 2 is 0.857 bits per heavy atom. The van der Waals surface area contributed by atoms with Gasteiger partial charge in [-0.05, 0) is 55.7 Å². The van der Waals surface area contributed by atoms with E-state index in [-0.39, 0.29) is 23.3 Å². The number of unbranched alkanes of at least 4 members (excludes halogenated alkanes) is 21. The van der Waals surface area contributed by atoms with Crippen LogP contribution in [0.3, 0.4) is 0 Å². The Labute approximate surface area is 300 Å². The maximum absolute atomic E-state index is 12.5. The summed E-state index contributed by atoms with van der Waals surface area (Å²) in [6, 6.07) is 3.45. The number of hydrogen-bond donors (Lipinski definition) is 2. The van der Waals surface area contributed by atoms with Crippen LogP contribution in [-0.4, -0.2) is 34.7 Å². The summed E-state index contributed by atoms with van der Waals surface area (Å²) in [5.41, 5.74) is -0.0931. The molecule has 0 saturated carbocycles. The lowest BCUT2D eigenvalue weighted by atomic mass is 9.70. The molecule has 2 N–H and O–H groups in total. The van der Waals surface area contributed by atoms with Gasteiger partial charge in [0.15, 0.2) is 0 Å². The Balaban J connectivity index is 2.53. The fourth-order valence-electron chi connectivity index (χ4n) is 7.35. The van der Waals surface area contributed by atoms with E-state index in [1.165, 1.54) is 179 Å². The molecule has 0 radical (unpaired) electrons. The molecule has 0 atom stereocenters. The van der Waals surface area contributed by atoms with Crippen molar-refractivity contribution in [2.24, 2.45) is 5.41 Å². The molecule has 0 aliphatic carbocycles. The van der Waals surface area contributed by atoms with Gasteiger partial charge in [-0.3, -0.25) is 0 Å². The summed E-state index contributed by atoms with van der Waals surface area (Å²) >= 11 is 0. The SMILES string of the molecule is CCCCCCCCC(CCCCCCCC)(CCCCCCCC)CCCCCCCCCOC(=O)c1ccc(C(=O)O)cc1C(=O)O. The van der Waals surface area contributed by atoms with Crippen molar-refractivity contribution in [1.82, 2.24) is 0 Å². The number of carbonyl (C=O) groups excluding carboxylic acids is 1. The van der Waals surface area contributed by atoms with Gasteiger partial charge in [0, 0.05) is 0 Å². The van der Waals surface area contributed by atoms with Crippen molar-refractivity contribution in [3.8, 4) is 0 Å². The summed E-state index contributed by atoms with van der Waals surface area (Å²) < 4.78 is 5.33. The highest BCUT2D eigenvalue weighted by atomic mass is 16.5. The minimum atomic E-state index is -1.35. The highest BCUT2D eigenvalue weighted by Gasteiger charge is 2.28. The molecule has 0 aliphatic heterocycles. The molecule has 0 saturated heterocycles. The molecule has 1 rings (SSSR count). The molecule has 1 aromatic rings. The van der Waals surface area contributed by atoms with Crippen LogP contribution in [0.2, 0.25) is 0 Å². The van der Waals surface area contributed by atoms with E-state index in [0.29, 0.717) is 5.41 Å². The standard InChI is InChI=1S/C43H74O6/c1-4-7-10-13-19-24-31-43(32-25-20-14-11-8-5-2,33-26-21-15-12-9-6-3)34-27-22-17-16-18-23-28-35-49-42(48)38-30-29-37(40(44)45)36-39(38)41(46)47/h29-30,36H,4-28,31-35H2,1-3H3,(H,44,45)(H,46,47). The molecule has 6 heteroatoms. The van der Waals surface area contributed by atoms with E-state index in [0.717, 1.165) is 25.3 Å². The normalized spacial score (nSPS) is 11.6. The Bertz CT molecular complexity index is 961. The zero-order chi connectivity index (χ0) is 36.0. The average Bonchev–Trinajstić information content (AvgIpc) is 3.09. The van der Waals surface area contributed by atoms with Crippen molar-refractivity contribution in [2.75, 3.05) is 6.61 Å². The Kier molecular flexibility index (Phi) is 26.8. The minimum absolute atomic E-state index is 0.113. The molecule has 282 valence electrons. The monoisotopic (exact) mass is 687 g/mol. The largest absolute Gasteiger partial charge is 0.478 e. The average molecular weight is 687 g/mol. The molecule has 0 unspecified atom stereocenters. The van der Waals surface area contributed by atoms with E-state index in [9.17, 15) is 19.5 Å². The van der Waals surface area contributed by atoms with Crippen LogP contribution in [0, 0.1) is 5.41 Å². The van der Waals surface area contributed by atoms with Crippen LogP contribution in [0.1, 0.15) is 238 Å². The molecule has 0 spiro atoms. The Morgan fingerprint density at radius 1 is 0.490 bits per heavy atom. The topological polar surface area (TPSA) is 101 Å². The number of carboxylic acids is 2. The molecule has 0 aliphatic rings. The zero-order valence-corrected chi connectivity index (χ0v) is 32.0. The first-order valence-electron chi connectivity index (χ1n) is 20.6. The maximum atomic E-state index is 12.5. The predicted octanol–water partition coefficient (Wildman–Crippen LogP) is 13.6.